The zero-order valence-corrected chi connectivity index (χ0v) is 31.9. The van der Waals surface area contributed by atoms with Gasteiger partial charge in [0.1, 0.15) is 13.2 Å². The molecular weight excluding hydrogens is 611 g/mol. The van der Waals surface area contributed by atoms with E-state index in [4.69, 9.17) is 9.05 Å². The molecule has 0 aliphatic heterocycles. The van der Waals surface area contributed by atoms with Crippen molar-refractivity contribution in [2.24, 2.45) is 0 Å². The summed E-state index contributed by atoms with van der Waals surface area (Å²) in [5.74, 6) is -0.226. The highest BCUT2D eigenvalue weighted by Gasteiger charge is 2.27. The van der Waals surface area contributed by atoms with E-state index in [9.17, 15) is 19.4 Å². The average Bonchev–Trinajstić information content (AvgIpc) is 3.01. The third-order valence-electron chi connectivity index (χ3n) is 8.08. The van der Waals surface area contributed by atoms with Crippen LogP contribution in [0.4, 0.5) is 0 Å². The predicted octanol–water partition coefficient (Wildman–Crippen LogP) is 9.57. The van der Waals surface area contributed by atoms with Gasteiger partial charge in [0.2, 0.25) is 5.91 Å². The summed E-state index contributed by atoms with van der Waals surface area (Å²) < 4.78 is 23.4. The minimum absolute atomic E-state index is 0.0512. The van der Waals surface area contributed by atoms with Crippen molar-refractivity contribution >= 4 is 13.7 Å². The molecule has 0 rings (SSSR count). The topological polar surface area (TPSA) is 105 Å². The van der Waals surface area contributed by atoms with Crippen LogP contribution in [-0.2, 0) is 18.4 Å². The molecule has 3 unspecified atom stereocenters. The average molecular weight is 686 g/mol. The fourth-order valence-electron chi connectivity index (χ4n) is 5.00. The number of likely N-dealkylation sites (N-methyl/N-ethyl adjacent to an activating group) is 1. The molecule has 0 aromatic heterocycles. The number of nitrogens with one attached hydrogen (secondary N) is 1. The van der Waals surface area contributed by atoms with E-state index in [1.54, 1.807) is 6.08 Å². The molecule has 0 spiro atoms. The third kappa shape index (κ3) is 33.0. The number of carbonyl (C=O) groups is 1. The summed E-state index contributed by atoms with van der Waals surface area (Å²) >= 11 is 0. The van der Waals surface area contributed by atoms with Crippen LogP contribution in [0.5, 0.6) is 0 Å². The largest absolute Gasteiger partial charge is 0.472 e. The van der Waals surface area contributed by atoms with E-state index >= 15 is 0 Å². The van der Waals surface area contributed by atoms with E-state index in [-0.39, 0.29) is 19.1 Å². The van der Waals surface area contributed by atoms with E-state index in [0.717, 1.165) is 32.1 Å². The molecule has 1 amide bonds. The molecule has 0 saturated carbocycles. The maximum atomic E-state index is 12.7. The molecule has 0 radical (unpaired) electrons. The van der Waals surface area contributed by atoms with Gasteiger partial charge in [0.25, 0.3) is 0 Å². The highest BCUT2D eigenvalue weighted by atomic mass is 31.2. The van der Waals surface area contributed by atoms with Crippen molar-refractivity contribution in [1.82, 2.24) is 5.32 Å². The van der Waals surface area contributed by atoms with Gasteiger partial charge in [0, 0.05) is 6.42 Å². The Morgan fingerprint density at radius 3 is 1.72 bits per heavy atom. The molecule has 3 atom stereocenters. The monoisotopic (exact) mass is 686 g/mol. The van der Waals surface area contributed by atoms with Gasteiger partial charge in [-0.25, -0.2) is 4.57 Å². The second kappa shape index (κ2) is 30.8. The third-order valence-corrected chi connectivity index (χ3v) is 9.07. The van der Waals surface area contributed by atoms with Crippen molar-refractivity contribution in [2.75, 3.05) is 40.9 Å². The molecule has 276 valence electrons. The Hall–Kier alpha value is -1.28. The quantitative estimate of drug-likeness (QED) is 0.0275. The first-order valence-electron chi connectivity index (χ1n) is 18.9. The van der Waals surface area contributed by atoms with Crippen LogP contribution < -0.4 is 5.32 Å². The molecule has 3 N–H and O–H groups in total. The number of phosphoric ester groups is 1. The lowest BCUT2D eigenvalue weighted by atomic mass is 10.1. The van der Waals surface area contributed by atoms with E-state index in [1.807, 2.05) is 27.2 Å². The Morgan fingerprint density at radius 1 is 0.702 bits per heavy atom. The lowest BCUT2D eigenvalue weighted by Crippen LogP contribution is -2.45. The number of hydrogen-bond acceptors (Lipinski definition) is 5. The summed E-state index contributed by atoms with van der Waals surface area (Å²) in [5, 5.41) is 13.7. The number of hydrogen-bond donors (Lipinski definition) is 3. The van der Waals surface area contributed by atoms with Gasteiger partial charge in [-0.2, -0.15) is 0 Å². The van der Waals surface area contributed by atoms with Gasteiger partial charge in [-0.3, -0.25) is 13.8 Å². The molecule has 0 fully saturated rings. The molecule has 0 heterocycles. The van der Waals surface area contributed by atoms with Crippen LogP contribution in [0.2, 0.25) is 0 Å². The first-order chi connectivity index (χ1) is 22.5. The standard InChI is InChI=1S/C38H73N2O6P/c1-6-8-10-12-14-16-17-18-19-20-21-22-24-25-27-29-31-37(41)36(35-46-47(43,44)45-34-33-40(3,4)5)39-38(42)32-30-28-26-23-15-13-11-9-7-2/h22-24,26,29,31,36-37,41H,6-21,25,27-28,30,32-35H2,1-5H3,(H-,39,42,43,44)/p+1/b24-22+,26-23-,31-29+. The first-order valence-corrected chi connectivity index (χ1v) is 20.4. The van der Waals surface area contributed by atoms with Crippen LogP contribution >= 0.6 is 7.82 Å². The SMILES string of the molecule is CCCCCC/C=C\CCCC(=O)NC(COP(=O)(O)OCC[N+](C)(C)C)C(O)/C=C/CC/C=C/CCCCCCCCCCCC. The second-order valence-electron chi connectivity index (χ2n) is 13.9. The molecule has 47 heavy (non-hydrogen) atoms. The number of phosphoric acid groups is 1. The maximum Gasteiger partial charge on any atom is 0.472 e. The highest BCUT2D eigenvalue weighted by molar-refractivity contribution is 7.47. The number of rotatable bonds is 33. The highest BCUT2D eigenvalue weighted by Crippen LogP contribution is 2.43. The van der Waals surface area contributed by atoms with Crippen molar-refractivity contribution in [3.8, 4) is 0 Å². The molecule has 0 aliphatic carbocycles. The fraction of sp³-hybridized carbons (Fsp3) is 0.816. The Morgan fingerprint density at radius 2 is 1.17 bits per heavy atom. The molecule has 0 aromatic carbocycles. The number of aliphatic hydroxyl groups is 1. The van der Waals surface area contributed by atoms with Gasteiger partial charge < -0.3 is 19.8 Å². The molecule has 8 nitrogen and oxygen atoms in total. The lowest BCUT2D eigenvalue weighted by molar-refractivity contribution is -0.870. The van der Waals surface area contributed by atoms with Crippen molar-refractivity contribution in [2.45, 2.75) is 161 Å². The van der Waals surface area contributed by atoms with Gasteiger partial charge in [-0.05, 0) is 51.4 Å². The summed E-state index contributed by atoms with van der Waals surface area (Å²) in [6.45, 7) is 4.70. The maximum absolute atomic E-state index is 12.7. The predicted molar refractivity (Wildman–Crippen MR) is 198 cm³/mol. The smallest absolute Gasteiger partial charge is 0.387 e. The summed E-state index contributed by atoms with van der Waals surface area (Å²) in [6, 6.07) is -0.873. The van der Waals surface area contributed by atoms with Gasteiger partial charge in [0.05, 0.1) is 39.9 Å². The van der Waals surface area contributed by atoms with Crippen LogP contribution in [0.25, 0.3) is 0 Å². The van der Waals surface area contributed by atoms with Crippen molar-refractivity contribution in [3.63, 3.8) is 0 Å². The molecular formula is C38H74N2O6P+. The second-order valence-corrected chi connectivity index (χ2v) is 15.4. The van der Waals surface area contributed by atoms with Crippen LogP contribution in [0.15, 0.2) is 36.5 Å². The summed E-state index contributed by atoms with van der Waals surface area (Å²) in [4.78, 5) is 22.9. The van der Waals surface area contributed by atoms with Gasteiger partial charge in [-0.1, -0.05) is 127 Å². The van der Waals surface area contributed by atoms with Crippen molar-refractivity contribution < 1.29 is 32.9 Å². The summed E-state index contributed by atoms with van der Waals surface area (Å²) in [7, 11) is 1.53. The van der Waals surface area contributed by atoms with E-state index < -0.39 is 20.0 Å². The van der Waals surface area contributed by atoms with Crippen molar-refractivity contribution in [3.05, 3.63) is 36.5 Å². The fourth-order valence-corrected chi connectivity index (χ4v) is 5.73. The van der Waals surface area contributed by atoms with E-state index in [0.29, 0.717) is 23.9 Å². The zero-order chi connectivity index (χ0) is 35.1. The number of unbranched alkanes of at least 4 members (excludes halogenated alkanes) is 16. The van der Waals surface area contributed by atoms with Gasteiger partial charge in [0.15, 0.2) is 0 Å². The number of carbonyl (C=O) groups excluding carboxylic acids is 1. The Labute approximate surface area is 289 Å². The molecule has 0 saturated heterocycles. The minimum Gasteiger partial charge on any atom is -0.387 e. The normalized spacial score (nSPS) is 15.1. The molecule has 9 heteroatoms. The van der Waals surface area contributed by atoms with E-state index in [1.165, 1.54) is 89.9 Å². The lowest BCUT2D eigenvalue weighted by Gasteiger charge is -2.25. The van der Waals surface area contributed by atoms with E-state index in [2.05, 4.69) is 43.5 Å². The Bertz CT molecular complexity index is 871. The van der Waals surface area contributed by atoms with Crippen LogP contribution in [0.1, 0.15) is 149 Å². The number of nitrogens with zero attached hydrogens (tertiary/aromatic N) is 1. The van der Waals surface area contributed by atoms with Crippen LogP contribution in [-0.4, -0.2) is 73.4 Å². The summed E-state index contributed by atoms with van der Waals surface area (Å²) in [5.41, 5.74) is 0. The number of quaternary nitrogens is 1. The van der Waals surface area contributed by atoms with Crippen LogP contribution in [0.3, 0.4) is 0 Å². The Balaban J connectivity index is 4.61. The Kier molecular flexibility index (Phi) is 29.9. The minimum atomic E-state index is -4.34. The number of aliphatic hydroxyl groups excluding tert-OH is 1. The first kappa shape index (κ1) is 45.7. The molecule has 0 bridgehead atoms. The number of amides is 1. The van der Waals surface area contributed by atoms with Crippen molar-refractivity contribution in [1.29, 1.82) is 0 Å². The molecule has 0 aromatic rings. The van der Waals surface area contributed by atoms with Crippen LogP contribution in [0, 0.1) is 0 Å². The summed E-state index contributed by atoms with van der Waals surface area (Å²) in [6.07, 6.45) is 35.1. The van der Waals surface area contributed by atoms with Gasteiger partial charge >= 0.3 is 7.82 Å². The molecule has 0 aliphatic rings. The van der Waals surface area contributed by atoms with Gasteiger partial charge in [-0.15, -0.1) is 0 Å². The number of allylic oxidation sites excluding steroid dienone is 5. The zero-order valence-electron chi connectivity index (χ0n) is 31.0.